The Morgan fingerprint density at radius 1 is 0.350 bits per heavy atom. The van der Waals surface area contributed by atoms with Crippen LogP contribution in [0.5, 0.6) is 0 Å². The van der Waals surface area contributed by atoms with Crippen LogP contribution in [0.1, 0.15) is 226 Å². The molecule has 0 saturated carbocycles. The maximum absolute atomic E-state index is 12.9. The topological polar surface area (TPSA) is 155 Å². The predicted molar refractivity (Wildman–Crippen MR) is 334 cm³/mol. The van der Waals surface area contributed by atoms with Crippen molar-refractivity contribution in [3.63, 3.8) is 0 Å². The summed E-state index contributed by atoms with van der Waals surface area (Å²) < 4.78 is 39.6. The fourth-order valence-electron chi connectivity index (χ4n) is 7.68. The molecule has 2 N–H and O–H groups in total. The van der Waals surface area contributed by atoms with E-state index in [2.05, 4.69) is 167 Å². The van der Waals surface area contributed by atoms with E-state index in [0.29, 0.717) is 19.3 Å². The van der Waals surface area contributed by atoms with Gasteiger partial charge in [-0.25, -0.2) is 4.57 Å². The van der Waals surface area contributed by atoms with Gasteiger partial charge in [-0.15, -0.1) is 0 Å². The highest BCUT2D eigenvalue weighted by atomic mass is 31.2. The minimum atomic E-state index is -4.78. The van der Waals surface area contributed by atoms with Crippen molar-refractivity contribution in [1.29, 1.82) is 0 Å². The van der Waals surface area contributed by atoms with Gasteiger partial charge in [0.25, 0.3) is 0 Å². The largest absolute Gasteiger partial charge is 0.472 e. The Kier molecular flexibility index (Phi) is 56.9. The second-order valence-electron chi connectivity index (χ2n) is 19.7. The van der Waals surface area contributed by atoms with Crippen molar-refractivity contribution < 1.29 is 52.2 Å². The van der Waals surface area contributed by atoms with Crippen molar-refractivity contribution in [1.82, 2.24) is 0 Å². The van der Waals surface area contributed by atoms with Gasteiger partial charge >= 0.3 is 25.7 Å². The summed E-state index contributed by atoms with van der Waals surface area (Å²) in [5.74, 6) is -1.56. The highest BCUT2D eigenvalue weighted by Gasteiger charge is 2.28. The molecule has 0 aromatic heterocycles. The summed E-state index contributed by atoms with van der Waals surface area (Å²) in [5, 5.41) is 9.85. The number of rotatable bonds is 55. The Morgan fingerprint density at radius 2 is 0.613 bits per heavy atom. The lowest BCUT2D eigenvalue weighted by Gasteiger charge is -2.21. The molecular weight excluding hydrogens is 1020 g/mol. The monoisotopic (exact) mass is 1130 g/mol. The molecule has 0 aliphatic rings. The Balaban J connectivity index is 4.84. The zero-order chi connectivity index (χ0) is 58.3. The summed E-state index contributed by atoms with van der Waals surface area (Å²) >= 11 is 0. The number of phosphoric acid groups is 1. The molecule has 0 amide bonds. The van der Waals surface area contributed by atoms with Crippen molar-refractivity contribution in [2.24, 2.45) is 0 Å². The summed E-state index contributed by atoms with van der Waals surface area (Å²) in [7, 11) is -4.78. The Bertz CT molecular complexity index is 1900. The molecule has 0 aromatic carbocycles. The molecule has 0 bridgehead atoms. The molecule has 0 spiro atoms. The number of allylic oxidation sites excluding steroid dienone is 24. The second-order valence-corrected chi connectivity index (χ2v) is 21.2. The normalized spacial score (nSPS) is 14.3. The lowest BCUT2D eigenvalue weighted by Crippen LogP contribution is -2.30. The third kappa shape index (κ3) is 58.0. The minimum absolute atomic E-state index is 0.114. The van der Waals surface area contributed by atoms with Crippen LogP contribution in [-0.4, -0.2) is 66.5 Å². The molecule has 0 aromatic rings. The molecule has 0 aliphatic carbocycles. The molecule has 0 aliphatic heterocycles. The molecule has 0 rings (SSSR count). The van der Waals surface area contributed by atoms with E-state index in [0.717, 1.165) is 161 Å². The van der Waals surface area contributed by atoms with Crippen molar-refractivity contribution in [2.45, 2.75) is 238 Å². The molecule has 0 radical (unpaired) electrons. The van der Waals surface area contributed by atoms with Crippen LogP contribution < -0.4 is 0 Å². The minimum Gasteiger partial charge on any atom is -0.462 e. The van der Waals surface area contributed by atoms with E-state index >= 15 is 0 Å². The van der Waals surface area contributed by atoms with Gasteiger partial charge in [-0.2, -0.15) is 0 Å². The number of hydrogen-bond donors (Lipinski definition) is 2. The van der Waals surface area contributed by atoms with E-state index in [4.69, 9.17) is 23.3 Å². The fourth-order valence-corrected chi connectivity index (χ4v) is 8.47. The Hall–Kier alpha value is -4.64. The van der Waals surface area contributed by atoms with Crippen LogP contribution in [0, 0.1) is 0 Å². The van der Waals surface area contributed by atoms with Gasteiger partial charge in [0.05, 0.1) is 19.8 Å². The van der Waals surface area contributed by atoms with Crippen LogP contribution in [0.15, 0.2) is 146 Å². The van der Waals surface area contributed by atoms with Crippen molar-refractivity contribution in [3.8, 4) is 0 Å². The molecule has 452 valence electrons. The van der Waals surface area contributed by atoms with Crippen LogP contribution in [-0.2, 0) is 42.2 Å². The average Bonchev–Trinajstić information content (AvgIpc) is 3.45. The van der Waals surface area contributed by atoms with Gasteiger partial charge in [-0.1, -0.05) is 218 Å². The Morgan fingerprint density at radius 3 is 0.950 bits per heavy atom. The summed E-state index contributed by atoms with van der Waals surface area (Å²) in [4.78, 5) is 48.7. The van der Waals surface area contributed by atoms with Gasteiger partial charge in [0.2, 0.25) is 0 Å². The molecule has 0 fully saturated rings. The van der Waals surface area contributed by atoms with Gasteiger partial charge in [-0.3, -0.25) is 23.4 Å². The van der Waals surface area contributed by atoms with Gasteiger partial charge in [0, 0.05) is 19.3 Å². The lowest BCUT2D eigenvalue weighted by atomic mass is 10.1. The maximum atomic E-state index is 12.9. The molecule has 0 heterocycles. The predicted octanol–water partition coefficient (Wildman–Crippen LogP) is 18.7. The zero-order valence-corrected chi connectivity index (χ0v) is 50.9. The first-order valence-corrected chi connectivity index (χ1v) is 32.2. The molecule has 12 heteroatoms. The van der Waals surface area contributed by atoms with E-state index in [1.165, 1.54) is 6.42 Å². The first-order chi connectivity index (χ1) is 39.2. The number of carbonyl (C=O) groups excluding carboxylic acids is 3. The highest BCUT2D eigenvalue weighted by molar-refractivity contribution is 7.47. The SMILES string of the molecule is CC/C=C\C/C=C\C/C=C\C/C=C\C/C=C\CCCCCC(=O)OC(COC(=O)CCCCCC/C=C\C/C=C\C/C=C\C/C=C\CC)COP(=O)(O)OCC(CO)OC(=O)CCCCCCCCC/C=C\C/C=C\C/C=C\CC. The van der Waals surface area contributed by atoms with Crippen LogP contribution in [0.25, 0.3) is 0 Å². The van der Waals surface area contributed by atoms with E-state index in [9.17, 15) is 28.9 Å². The van der Waals surface area contributed by atoms with Gasteiger partial charge in [-0.05, 0) is 135 Å². The van der Waals surface area contributed by atoms with Crippen LogP contribution >= 0.6 is 7.82 Å². The smallest absolute Gasteiger partial charge is 0.462 e. The van der Waals surface area contributed by atoms with E-state index in [-0.39, 0.29) is 25.9 Å². The average molecular weight is 1130 g/mol. The zero-order valence-electron chi connectivity index (χ0n) is 50.0. The van der Waals surface area contributed by atoms with Crippen LogP contribution in [0.3, 0.4) is 0 Å². The van der Waals surface area contributed by atoms with E-state index < -0.39 is 57.8 Å². The highest BCUT2D eigenvalue weighted by Crippen LogP contribution is 2.43. The standard InChI is InChI=1S/C68H109O11P/c1-4-7-10-13-16-19-22-25-28-31-32-35-38-41-44-47-50-53-56-59-68(72)79-65(61-75-66(70)57-54-51-48-45-42-39-36-33-29-26-23-20-17-14-11-8-5-2)63-77-80(73,74)76-62-64(60-69)78-67(71)58-55-52-49-46-43-40-37-34-30-27-24-21-18-15-12-9-6-3/h7-12,16-21,25-30,32,35-36,39,41,44,64-65,69H,4-6,13-15,22-24,31,33-34,37-38,40,42-43,45-63H2,1-3H3,(H,73,74)/b10-7-,11-8-,12-9-,19-16-,20-17-,21-18-,28-25-,29-26-,30-27-,35-32-,39-36-,44-41-. The summed E-state index contributed by atoms with van der Waals surface area (Å²) in [6, 6.07) is 0. The second kappa shape index (κ2) is 60.5. The van der Waals surface area contributed by atoms with Crippen LogP contribution in [0.2, 0.25) is 0 Å². The summed E-state index contributed by atoms with van der Waals surface area (Å²) in [6.07, 6.45) is 78.0. The van der Waals surface area contributed by atoms with Gasteiger partial charge in [0.15, 0.2) is 6.10 Å². The molecule has 0 saturated heterocycles. The summed E-state index contributed by atoms with van der Waals surface area (Å²) in [6.45, 7) is 4.22. The number of phosphoric ester groups is 1. The first-order valence-electron chi connectivity index (χ1n) is 30.7. The third-order valence-electron chi connectivity index (χ3n) is 12.2. The quantitative estimate of drug-likeness (QED) is 0.0197. The molecule has 80 heavy (non-hydrogen) atoms. The van der Waals surface area contributed by atoms with Crippen molar-refractivity contribution >= 4 is 25.7 Å². The number of ether oxygens (including phenoxy) is 3. The number of hydrogen-bond acceptors (Lipinski definition) is 10. The number of unbranched alkanes of at least 4 members (excludes halogenated alkanes) is 14. The lowest BCUT2D eigenvalue weighted by molar-refractivity contribution is -0.161. The summed E-state index contributed by atoms with van der Waals surface area (Å²) in [5.41, 5.74) is 0. The number of esters is 3. The van der Waals surface area contributed by atoms with Gasteiger partial charge < -0.3 is 24.2 Å². The van der Waals surface area contributed by atoms with Crippen molar-refractivity contribution in [2.75, 3.05) is 26.4 Å². The number of aliphatic hydroxyl groups excluding tert-OH is 1. The van der Waals surface area contributed by atoms with Crippen molar-refractivity contribution in [3.05, 3.63) is 146 Å². The van der Waals surface area contributed by atoms with E-state index in [1.807, 2.05) is 0 Å². The van der Waals surface area contributed by atoms with E-state index in [1.54, 1.807) is 0 Å². The molecule has 11 nitrogen and oxygen atoms in total. The Labute approximate surface area is 486 Å². The number of carbonyl (C=O) groups is 3. The fraction of sp³-hybridized carbons (Fsp3) is 0.603. The molecular formula is C68H109O11P. The third-order valence-corrected chi connectivity index (χ3v) is 13.2. The first kappa shape index (κ1) is 75.4. The number of aliphatic hydroxyl groups is 1. The van der Waals surface area contributed by atoms with Crippen LogP contribution in [0.4, 0.5) is 0 Å². The maximum Gasteiger partial charge on any atom is 0.472 e. The molecule has 3 unspecified atom stereocenters. The van der Waals surface area contributed by atoms with Gasteiger partial charge in [0.1, 0.15) is 12.7 Å². The molecule has 3 atom stereocenters.